The second-order valence-electron chi connectivity index (χ2n) is 5.32. The van der Waals surface area contributed by atoms with Gasteiger partial charge in [0.05, 0.1) is 0 Å². The molecule has 0 aromatic heterocycles. The van der Waals surface area contributed by atoms with Gasteiger partial charge in [0.15, 0.2) is 6.10 Å². The van der Waals surface area contributed by atoms with Gasteiger partial charge in [-0.1, -0.05) is 22.9 Å². The molecule has 0 aliphatic heterocycles. The first-order valence-electron chi connectivity index (χ1n) is 7.29. The number of hydrogen-bond acceptors (Lipinski definition) is 3. The summed E-state index contributed by atoms with van der Waals surface area (Å²) in [4.78, 5) is 12.1. The molecule has 0 aliphatic carbocycles. The highest BCUT2D eigenvalue weighted by atomic mass is 79.9. The van der Waals surface area contributed by atoms with Crippen LogP contribution in [0.1, 0.15) is 38.3 Å². The minimum atomic E-state index is -0.519. The molecule has 5 heteroatoms. The van der Waals surface area contributed by atoms with E-state index in [2.05, 4.69) is 26.6 Å². The number of aryl methyl sites for hydroxylation is 1. The van der Waals surface area contributed by atoms with Crippen LogP contribution in [0.15, 0.2) is 16.6 Å². The van der Waals surface area contributed by atoms with Crippen molar-refractivity contribution < 1.29 is 9.53 Å². The molecule has 2 unspecified atom stereocenters. The van der Waals surface area contributed by atoms with Crippen LogP contribution in [0.3, 0.4) is 0 Å². The standard InChI is InChI=1S/C16H25BrN2O2/c1-6-11(3)19-16(20)12(4)21-15-10(2)7-14(17)8-13(15)9-18-5/h7-8,11-12,18H,6,9H2,1-5H3,(H,19,20). The molecule has 21 heavy (non-hydrogen) atoms. The fourth-order valence-electron chi connectivity index (χ4n) is 1.98. The molecule has 0 aliphatic rings. The minimum Gasteiger partial charge on any atom is -0.480 e. The van der Waals surface area contributed by atoms with E-state index in [-0.39, 0.29) is 11.9 Å². The van der Waals surface area contributed by atoms with Crippen molar-refractivity contribution in [3.63, 3.8) is 0 Å². The zero-order valence-electron chi connectivity index (χ0n) is 13.4. The highest BCUT2D eigenvalue weighted by molar-refractivity contribution is 9.10. The van der Waals surface area contributed by atoms with Gasteiger partial charge in [-0.2, -0.15) is 0 Å². The second kappa shape index (κ2) is 8.39. The quantitative estimate of drug-likeness (QED) is 0.788. The maximum Gasteiger partial charge on any atom is 0.260 e. The molecule has 0 heterocycles. The Morgan fingerprint density at radius 1 is 1.38 bits per heavy atom. The van der Waals surface area contributed by atoms with Crippen LogP contribution in [0.25, 0.3) is 0 Å². The number of hydrogen-bond donors (Lipinski definition) is 2. The molecule has 0 saturated heterocycles. The van der Waals surface area contributed by atoms with Crippen molar-refractivity contribution in [3.05, 3.63) is 27.7 Å². The van der Waals surface area contributed by atoms with Crippen LogP contribution in [-0.4, -0.2) is 25.1 Å². The third-order valence-corrected chi connectivity index (χ3v) is 3.81. The third kappa shape index (κ3) is 5.32. The lowest BCUT2D eigenvalue weighted by Crippen LogP contribution is -2.41. The van der Waals surface area contributed by atoms with E-state index in [1.54, 1.807) is 6.92 Å². The smallest absolute Gasteiger partial charge is 0.260 e. The molecule has 0 saturated carbocycles. The molecule has 0 spiro atoms. The van der Waals surface area contributed by atoms with Crippen LogP contribution in [0.5, 0.6) is 5.75 Å². The van der Waals surface area contributed by atoms with Crippen molar-refractivity contribution in [2.75, 3.05) is 7.05 Å². The van der Waals surface area contributed by atoms with Gasteiger partial charge in [0, 0.05) is 22.6 Å². The molecular formula is C16H25BrN2O2. The van der Waals surface area contributed by atoms with Gasteiger partial charge in [0.1, 0.15) is 5.75 Å². The third-order valence-electron chi connectivity index (χ3n) is 3.35. The Bertz CT molecular complexity index is 491. The molecule has 0 fully saturated rings. The number of nitrogens with one attached hydrogen (secondary N) is 2. The first-order valence-corrected chi connectivity index (χ1v) is 8.09. The van der Waals surface area contributed by atoms with Gasteiger partial charge >= 0.3 is 0 Å². The van der Waals surface area contributed by atoms with E-state index in [4.69, 9.17) is 4.74 Å². The maximum atomic E-state index is 12.1. The molecule has 1 aromatic rings. The van der Waals surface area contributed by atoms with Gasteiger partial charge < -0.3 is 15.4 Å². The second-order valence-corrected chi connectivity index (χ2v) is 6.23. The molecule has 2 N–H and O–H groups in total. The summed E-state index contributed by atoms with van der Waals surface area (Å²) in [5.74, 6) is 0.696. The Morgan fingerprint density at radius 2 is 2.05 bits per heavy atom. The molecule has 118 valence electrons. The average molecular weight is 357 g/mol. The highest BCUT2D eigenvalue weighted by Crippen LogP contribution is 2.29. The molecule has 1 amide bonds. The predicted molar refractivity (Wildman–Crippen MR) is 89.6 cm³/mol. The van der Waals surface area contributed by atoms with Gasteiger partial charge in [-0.25, -0.2) is 0 Å². The molecule has 2 atom stereocenters. The number of halogens is 1. The van der Waals surface area contributed by atoms with E-state index in [0.717, 1.165) is 27.8 Å². The predicted octanol–water partition coefficient (Wildman–Crippen LogP) is 3.16. The summed E-state index contributed by atoms with van der Waals surface area (Å²) in [7, 11) is 1.89. The van der Waals surface area contributed by atoms with Crippen molar-refractivity contribution >= 4 is 21.8 Å². The number of benzene rings is 1. The number of carbonyl (C=O) groups is 1. The van der Waals surface area contributed by atoms with Crippen molar-refractivity contribution in [1.82, 2.24) is 10.6 Å². The Hall–Kier alpha value is -1.07. The fraction of sp³-hybridized carbons (Fsp3) is 0.562. The van der Waals surface area contributed by atoms with E-state index < -0.39 is 6.10 Å². The van der Waals surface area contributed by atoms with Crippen molar-refractivity contribution in [3.8, 4) is 5.75 Å². The van der Waals surface area contributed by atoms with Gasteiger partial charge in [-0.15, -0.1) is 0 Å². The topological polar surface area (TPSA) is 50.4 Å². The minimum absolute atomic E-state index is 0.0814. The van der Waals surface area contributed by atoms with Crippen LogP contribution >= 0.6 is 15.9 Å². The van der Waals surface area contributed by atoms with Crippen LogP contribution in [0, 0.1) is 6.92 Å². The zero-order chi connectivity index (χ0) is 16.0. The number of amides is 1. The highest BCUT2D eigenvalue weighted by Gasteiger charge is 2.19. The van der Waals surface area contributed by atoms with Crippen LogP contribution in [-0.2, 0) is 11.3 Å². The number of ether oxygens (including phenoxy) is 1. The van der Waals surface area contributed by atoms with Gasteiger partial charge in [-0.05, 0) is 51.9 Å². The average Bonchev–Trinajstić information content (AvgIpc) is 2.42. The Labute approximate surface area is 135 Å². The zero-order valence-corrected chi connectivity index (χ0v) is 15.0. The lowest BCUT2D eigenvalue weighted by molar-refractivity contribution is -0.127. The Kier molecular flexibility index (Phi) is 7.18. The van der Waals surface area contributed by atoms with Crippen LogP contribution in [0.2, 0.25) is 0 Å². The molecule has 0 bridgehead atoms. The van der Waals surface area contributed by atoms with Crippen molar-refractivity contribution in [1.29, 1.82) is 0 Å². The molecular weight excluding hydrogens is 332 g/mol. The SMILES string of the molecule is CCC(C)NC(=O)C(C)Oc1c(C)cc(Br)cc1CNC. The molecule has 0 radical (unpaired) electrons. The van der Waals surface area contributed by atoms with E-state index in [0.29, 0.717) is 6.54 Å². The molecule has 1 rings (SSSR count). The van der Waals surface area contributed by atoms with Gasteiger partial charge in [0.2, 0.25) is 0 Å². The van der Waals surface area contributed by atoms with E-state index in [1.165, 1.54) is 0 Å². The summed E-state index contributed by atoms with van der Waals surface area (Å²) in [6, 6.07) is 4.16. The lowest BCUT2D eigenvalue weighted by Gasteiger charge is -2.21. The van der Waals surface area contributed by atoms with E-state index in [9.17, 15) is 4.79 Å². The van der Waals surface area contributed by atoms with Gasteiger partial charge in [0.25, 0.3) is 5.91 Å². The largest absolute Gasteiger partial charge is 0.480 e. The Balaban J connectivity index is 2.88. The first-order chi connectivity index (χ1) is 9.88. The van der Waals surface area contributed by atoms with E-state index in [1.807, 2.05) is 40.0 Å². The summed E-state index contributed by atoms with van der Waals surface area (Å²) in [6.45, 7) is 8.48. The fourth-order valence-corrected chi connectivity index (χ4v) is 2.60. The molecule has 4 nitrogen and oxygen atoms in total. The summed E-state index contributed by atoms with van der Waals surface area (Å²) < 4.78 is 6.93. The van der Waals surface area contributed by atoms with Crippen LogP contribution in [0.4, 0.5) is 0 Å². The maximum absolute atomic E-state index is 12.1. The van der Waals surface area contributed by atoms with Crippen molar-refractivity contribution in [2.45, 2.75) is 52.8 Å². The summed E-state index contributed by atoms with van der Waals surface area (Å²) in [5.41, 5.74) is 2.05. The number of carbonyl (C=O) groups excluding carboxylic acids is 1. The van der Waals surface area contributed by atoms with E-state index >= 15 is 0 Å². The summed E-state index contributed by atoms with van der Waals surface area (Å²) in [5, 5.41) is 6.06. The summed E-state index contributed by atoms with van der Waals surface area (Å²) >= 11 is 3.49. The number of rotatable bonds is 7. The first kappa shape index (κ1) is 18.0. The van der Waals surface area contributed by atoms with Gasteiger partial charge in [-0.3, -0.25) is 4.79 Å². The molecule has 1 aromatic carbocycles. The lowest BCUT2D eigenvalue weighted by atomic mass is 10.1. The normalized spacial score (nSPS) is 13.6. The monoisotopic (exact) mass is 356 g/mol. The van der Waals surface area contributed by atoms with Crippen LogP contribution < -0.4 is 15.4 Å². The summed E-state index contributed by atoms with van der Waals surface area (Å²) in [6.07, 6.45) is 0.385. The van der Waals surface area contributed by atoms with Crippen molar-refractivity contribution in [2.24, 2.45) is 0 Å². The Morgan fingerprint density at radius 3 is 2.62 bits per heavy atom.